The van der Waals surface area contributed by atoms with E-state index < -0.39 is 0 Å². The van der Waals surface area contributed by atoms with Crippen molar-refractivity contribution < 1.29 is 9.84 Å². The second-order valence-corrected chi connectivity index (χ2v) is 7.26. The van der Waals surface area contributed by atoms with Crippen LogP contribution in [0.5, 0.6) is 0 Å². The zero-order valence-corrected chi connectivity index (χ0v) is 16.6. The number of morpholine rings is 1. The highest BCUT2D eigenvalue weighted by atomic mass is 16.5. The van der Waals surface area contributed by atoms with Crippen molar-refractivity contribution in [3.05, 3.63) is 30.6 Å². The van der Waals surface area contributed by atoms with Crippen LogP contribution >= 0.6 is 0 Å². The molecular weight excluding hydrogens is 356 g/mol. The Hall–Kier alpha value is -2.29. The lowest BCUT2D eigenvalue weighted by molar-refractivity contribution is 0.0398. The summed E-state index contributed by atoms with van der Waals surface area (Å²) in [5, 5.41) is 16.3. The summed E-state index contributed by atoms with van der Waals surface area (Å²) in [6.45, 7) is 9.40. The SMILES string of the molecule is CC(C)[C@H](CO)Nc1nc(NCCN2CCOCC2)cc(-c2ccncc2)n1. The van der Waals surface area contributed by atoms with Crippen LogP contribution < -0.4 is 10.6 Å². The number of aromatic nitrogens is 3. The number of aliphatic hydroxyl groups is 1. The summed E-state index contributed by atoms with van der Waals surface area (Å²) in [7, 11) is 0. The largest absolute Gasteiger partial charge is 0.394 e. The van der Waals surface area contributed by atoms with Crippen LogP contribution in [0.2, 0.25) is 0 Å². The topological polar surface area (TPSA) is 95.4 Å². The molecule has 3 heterocycles. The van der Waals surface area contributed by atoms with E-state index in [1.54, 1.807) is 12.4 Å². The van der Waals surface area contributed by atoms with E-state index >= 15 is 0 Å². The van der Waals surface area contributed by atoms with Crippen LogP contribution in [0, 0.1) is 5.92 Å². The molecule has 28 heavy (non-hydrogen) atoms. The molecule has 8 nitrogen and oxygen atoms in total. The van der Waals surface area contributed by atoms with Crippen molar-refractivity contribution >= 4 is 11.8 Å². The summed E-state index contributed by atoms with van der Waals surface area (Å²) in [6, 6.07) is 5.70. The Bertz CT molecular complexity index is 722. The van der Waals surface area contributed by atoms with Gasteiger partial charge in [0.2, 0.25) is 5.95 Å². The first-order chi connectivity index (χ1) is 13.7. The summed E-state index contributed by atoms with van der Waals surface area (Å²) < 4.78 is 5.40. The first kappa shape index (κ1) is 20.4. The zero-order chi connectivity index (χ0) is 19.8. The quantitative estimate of drug-likeness (QED) is 0.600. The molecule has 0 aromatic carbocycles. The molecule has 3 N–H and O–H groups in total. The van der Waals surface area contributed by atoms with E-state index in [0.29, 0.717) is 5.95 Å². The first-order valence-electron chi connectivity index (χ1n) is 9.86. The second-order valence-electron chi connectivity index (χ2n) is 7.26. The van der Waals surface area contributed by atoms with E-state index in [2.05, 4.69) is 44.3 Å². The molecule has 0 spiro atoms. The third-order valence-electron chi connectivity index (χ3n) is 4.86. The lowest BCUT2D eigenvalue weighted by Crippen LogP contribution is -2.39. The van der Waals surface area contributed by atoms with E-state index in [-0.39, 0.29) is 18.6 Å². The second kappa shape index (κ2) is 10.3. The average molecular weight is 387 g/mol. The average Bonchev–Trinajstić information content (AvgIpc) is 2.73. The summed E-state index contributed by atoms with van der Waals surface area (Å²) >= 11 is 0. The van der Waals surface area contributed by atoms with E-state index in [1.807, 2.05) is 18.2 Å². The van der Waals surface area contributed by atoms with Gasteiger partial charge in [-0.3, -0.25) is 9.88 Å². The first-order valence-corrected chi connectivity index (χ1v) is 9.86. The Morgan fingerprint density at radius 2 is 1.93 bits per heavy atom. The molecule has 0 bridgehead atoms. The Morgan fingerprint density at radius 1 is 1.18 bits per heavy atom. The highest BCUT2D eigenvalue weighted by Gasteiger charge is 2.15. The number of hydrogen-bond donors (Lipinski definition) is 3. The maximum Gasteiger partial charge on any atom is 0.225 e. The molecular formula is C20H30N6O2. The summed E-state index contributed by atoms with van der Waals surface area (Å²) in [5.74, 6) is 1.53. The number of nitrogens with zero attached hydrogens (tertiary/aromatic N) is 4. The van der Waals surface area contributed by atoms with Crippen LogP contribution in [-0.2, 0) is 4.74 Å². The van der Waals surface area contributed by atoms with Crippen molar-refractivity contribution in [2.45, 2.75) is 19.9 Å². The molecule has 3 rings (SSSR count). The van der Waals surface area contributed by atoms with Gasteiger partial charge in [0.05, 0.1) is 31.6 Å². The van der Waals surface area contributed by atoms with E-state index in [1.165, 1.54) is 0 Å². The lowest BCUT2D eigenvalue weighted by Gasteiger charge is -2.26. The zero-order valence-electron chi connectivity index (χ0n) is 16.6. The number of aliphatic hydroxyl groups excluding tert-OH is 1. The molecule has 152 valence electrons. The van der Waals surface area contributed by atoms with Gasteiger partial charge in [-0.25, -0.2) is 4.98 Å². The fourth-order valence-electron chi connectivity index (χ4n) is 3.03. The molecule has 2 aromatic heterocycles. The smallest absolute Gasteiger partial charge is 0.225 e. The van der Waals surface area contributed by atoms with Gasteiger partial charge in [-0.15, -0.1) is 0 Å². The molecule has 1 aliphatic heterocycles. The molecule has 1 saturated heterocycles. The maximum atomic E-state index is 9.64. The van der Waals surface area contributed by atoms with Crippen LogP contribution in [0.3, 0.4) is 0 Å². The fraction of sp³-hybridized carbons (Fsp3) is 0.550. The Kier molecular flexibility index (Phi) is 7.53. The van der Waals surface area contributed by atoms with Gasteiger partial charge in [0.15, 0.2) is 0 Å². The Balaban J connectivity index is 1.74. The van der Waals surface area contributed by atoms with Gasteiger partial charge < -0.3 is 20.5 Å². The molecule has 0 unspecified atom stereocenters. The molecule has 0 aliphatic carbocycles. The maximum absolute atomic E-state index is 9.64. The van der Waals surface area contributed by atoms with Gasteiger partial charge in [0, 0.05) is 50.2 Å². The van der Waals surface area contributed by atoms with Crippen molar-refractivity contribution in [3.8, 4) is 11.3 Å². The molecule has 8 heteroatoms. The summed E-state index contributed by atoms with van der Waals surface area (Å²) in [4.78, 5) is 15.7. The molecule has 2 aromatic rings. The minimum atomic E-state index is -0.103. The van der Waals surface area contributed by atoms with Gasteiger partial charge in [-0.05, 0) is 18.1 Å². The minimum absolute atomic E-state index is 0.0281. The fourth-order valence-corrected chi connectivity index (χ4v) is 3.03. The number of anilines is 2. The number of ether oxygens (including phenoxy) is 1. The minimum Gasteiger partial charge on any atom is -0.394 e. The molecule has 1 aliphatic rings. The molecule has 0 amide bonds. The van der Waals surface area contributed by atoms with Crippen LogP contribution in [-0.4, -0.2) is 77.0 Å². The predicted octanol–water partition coefficient (Wildman–Crippen LogP) is 1.71. The third-order valence-corrected chi connectivity index (χ3v) is 4.86. The summed E-state index contributed by atoms with van der Waals surface area (Å²) in [5.41, 5.74) is 1.79. The highest BCUT2D eigenvalue weighted by molar-refractivity contribution is 5.64. The van der Waals surface area contributed by atoms with Crippen molar-refractivity contribution in [2.24, 2.45) is 5.92 Å². The monoisotopic (exact) mass is 386 g/mol. The number of rotatable bonds is 9. The van der Waals surface area contributed by atoms with Crippen LogP contribution in [0.25, 0.3) is 11.3 Å². The van der Waals surface area contributed by atoms with Gasteiger partial charge in [-0.2, -0.15) is 4.98 Å². The normalized spacial score (nSPS) is 16.1. The van der Waals surface area contributed by atoms with Crippen molar-refractivity contribution in [1.29, 1.82) is 0 Å². The standard InChI is InChI=1S/C20H30N6O2/c1-15(2)18(14-27)24-20-23-17(16-3-5-21-6-4-16)13-19(25-20)22-7-8-26-9-11-28-12-10-26/h3-6,13,15,18,27H,7-12,14H2,1-2H3,(H2,22,23,24,25)/t18-/m0/s1. The van der Waals surface area contributed by atoms with Crippen molar-refractivity contribution in [3.63, 3.8) is 0 Å². The highest BCUT2D eigenvalue weighted by Crippen LogP contribution is 2.21. The van der Waals surface area contributed by atoms with E-state index in [0.717, 1.165) is 56.5 Å². The van der Waals surface area contributed by atoms with Crippen LogP contribution in [0.1, 0.15) is 13.8 Å². The van der Waals surface area contributed by atoms with E-state index in [9.17, 15) is 5.11 Å². The van der Waals surface area contributed by atoms with Crippen LogP contribution in [0.15, 0.2) is 30.6 Å². The molecule has 0 radical (unpaired) electrons. The number of nitrogens with one attached hydrogen (secondary N) is 2. The van der Waals surface area contributed by atoms with Gasteiger partial charge in [0.25, 0.3) is 0 Å². The Morgan fingerprint density at radius 3 is 2.61 bits per heavy atom. The van der Waals surface area contributed by atoms with Crippen molar-refractivity contribution in [2.75, 3.05) is 56.6 Å². The van der Waals surface area contributed by atoms with Gasteiger partial charge >= 0.3 is 0 Å². The molecule has 1 atom stereocenters. The van der Waals surface area contributed by atoms with Crippen molar-refractivity contribution in [1.82, 2.24) is 19.9 Å². The lowest BCUT2D eigenvalue weighted by atomic mass is 10.1. The predicted molar refractivity (Wildman–Crippen MR) is 110 cm³/mol. The molecule has 1 fully saturated rings. The Labute approximate surface area is 166 Å². The molecule has 0 saturated carbocycles. The number of pyridine rings is 1. The van der Waals surface area contributed by atoms with Gasteiger partial charge in [-0.1, -0.05) is 13.8 Å². The third kappa shape index (κ3) is 5.85. The van der Waals surface area contributed by atoms with Gasteiger partial charge in [0.1, 0.15) is 5.82 Å². The summed E-state index contributed by atoms with van der Waals surface area (Å²) in [6.07, 6.45) is 3.50. The van der Waals surface area contributed by atoms with E-state index in [4.69, 9.17) is 4.74 Å². The number of hydrogen-bond acceptors (Lipinski definition) is 8. The van der Waals surface area contributed by atoms with Crippen LogP contribution in [0.4, 0.5) is 11.8 Å².